The summed E-state index contributed by atoms with van der Waals surface area (Å²) in [4.78, 5) is 13.2. The molecule has 0 amide bonds. The summed E-state index contributed by atoms with van der Waals surface area (Å²) in [5.41, 5.74) is 7.39. The zero-order valence-electron chi connectivity index (χ0n) is 9.26. The number of benzene rings is 1. The van der Waals surface area contributed by atoms with Gasteiger partial charge in [0.25, 0.3) is 0 Å². The average molecular weight is 220 g/mol. The van der Waals surface area contributed by atoms with Gasteiger partial charge in [0.05, 0.1) is 5.92 Å². The molecule has 2 rings (SSSR count). The number of nitrogen functional groups attached to an aromatic ring is 1. The summed E-state index contributed by atoms with van der Waals surface area (Å²) in [6.45, 7) is 1.41. The predicted molar refractivity (Wildman–Crippen MR) is 62.2 cm³/mol. The normalized spacial score (nSPS) is 25.8. The molecule has 16 heavy (non-hydrogen) atoms. The summed E-state index contributed by atoms with van der Waals surface area (Å²) in [6, 6.07) is 7.50. The highest BCUT2D eigenvalue weighted by Crippen LogP contribution is 2.32. The molecular formula is C12H16N2O2. The molecule has 1 fully saturated rings. The number of hydrogen-bond acceptors (Lipinski definition) is 3. The third-order valence-electron chi connectivity index (χ3n) is 3.18. The Morgan fingerprint density at radius 1 is 1.38 bits per heavy atom. The number of hydrogen-bond donors (Lipinski definition) is 2. The summed E-state index contributed by atoms with van der Waals surface area (Å²) in [5.74, 6) is -0.956. The van der Waals surface area contributed by atoms with Gasteiger partial charge in [-0.2, -0.15) is 0 Å². The molecule has 1 saturated heterocycles. The van der Waals surface area contributed by atoms with E-state index in [1.165, 1.54) is 0 Å². The van der Waals surface area contributed by atoms with Crippen LogP contribution in [0.15, 0.2) is 24.3 Å². The van der Waals surface area contributed by atoms with Crippen LogP contribution < -0.4 is 5.73 Å². The molecular weight excluding hydrogens is 204 g/mol. The van der Waals surface area contributed by atoms with Gasteiger partial charge in [-0.25, -0.2) is 0 Å². The van der Waals surface area contributed by atoms with Gasteiger partial charge in [-0.15, -0.1) is 0 Å². The molecule has 3 N–H and O–H groups in total. The van der Waals surface area contributed by atoms with Gasteiger partial charge < -0.3 is 15.7 Å². The third-order valence-corrected chi connectivity index (χ3v) is 3.18. The van der Waals surface area contributed by atoms with Gasteiger partial charge in [0.1, 0.15) is 0 Å². The molecule has 0 saturated carbocycles. The van der Waals surface area contributed by atoms with Crippen molar-refractivity contribution in [3.8, 4) is 0 Å². The molecule has 0 aliphatic carbocycles. The maximum Gasteiger partial charge on any atom is 0.308 e. The lowest BCUT2D eigenvalue weighted by atomic mass is 9.89. The highest BCUT2D eigenvalue weighted by molar-refractivity contribution is 5.72. The maximum atomic E-state index is 11.1. The Bertz CT molecular complexity index is 389. The van der Waals surface area contributed by atoms with Crippen LogP contribution in [0.5, 0.6) is 0 Å². The smallest absolute Gasteiger partial charge is 0.308 e. The van der Waals surface area contributed by atoms with Crippen LogP contribution in [0, 0.1) is 5.92 Å². The van der Waals surface area contributed by atoms with Gasteiger partial charge in [-0.3, -0.25) is 4.79 Å². The first-order chi connectivity index (χ1) is 7.58. The van der Waals surface area contributed by atoms with Crippen molar-refractivity contribution >= 4 is 11.7 Å². The number of likely N-dealkylation sites (N-methyl/N-ethyl adjacent to an activating group) is 1. The van der Waals surface area contributed by atoms with Crippen molar-refractivity contribution in [3.63, 3.8) is 0 Å². The summed E-state index contributed by atoms with van der Waals surface area (Å²) < 4.78 is 0. The van der Waals surface area contributed by atoms with Crippen LogP contribution in [0.25, 0.3) is 0 Å². The predicted octanol–water partition coefficient (Wildman–Crippen LogP) is 0.999. The number of carbonyl (C=O) groups is 1. The highest BCUT2D eigenvalue weighted by atomic mass is 16.4. The van der Waals surface area contributed by atoms with Crippen LogP contribution in [0.3, 0.4) is 0 Å². The van der Waals surface area contributed by atoms with Gasteiger partial charge in [0.2, 0.25) is 0 Å². The molecule has 1 aliphatic rings. The number of carboxylic acids is 1. The number of likely N-dealkylation sites (tertiary alicyclic amines) is 1. The fraction of sp³-hybridized carbons (Fsp3) is 0.417. The zero-order valence-corrected chi connectivity index (χ0v) is 9.26. The van der Waals surface area contributed by atoms with Gasteiger partial charge in [-0.1, -0.05) is 12.1 Å². The molecule has 1 aromatic carbocycles. The molecule has 1 heterocycles. The van der Waals surface area contributed by atoms with Gasteiger partial charge in [0.15, 0.2) is 0 Å². The lowest BCUT2D eigenvalue weighted by molar-refractivity contribution is -0.141. The largest absolute Gasteiger partial charge is 0.481 e. The first-order valence-corrected chi connectivity index (χ1v) is 5.34. The number of carboxylic acid groups (broad SMARTS) is 1. The Morgan fingerprint density at radius 3 is 2.56 bits per heavy atom. The number of rotatable bonds is 2. The van der Waals surface area contributed by atoms with Gasteiger partial charge in [0, 0.05) is 24.7 Å². The van der Waals surface area contributed by atoms with E-state index in [1.807, 2.05) is 31.3 Å². The SMILES string of the molecule is CN1C[C@H](c2ccc(N)cc2)[C@H](C(=O)O)C1. The third kappa shape index (κ3) is 2.02. The first kappa shape index (κ1) is 11.0. The molecule has 0 radical (unpaired) electrons. The summed E-state index contributed by atoms with van der Waals surface area (Å²) >= 11 is 0. The molecule has 1 aliphatic heterocycles. The second kappa shape index (κ2) is 4.14. The van der Waals surface area contributed by atoms with E-state index in [9.17, 15) is 4.79 Å². The van der Waals surface area contributed by atoms with E-state index in [-0.39, 0.29) is 11.8 Å². The first-order valence-electron chi connectivity index (χ1n) is 5.34. The summed E-state index contributed by atoms with van der Waals surface area (Å²) in [5, 5.41) is 9.17. The highest BCUT2D eigenvalue weighted by Gasteiger charge is 2.36. The number of nitrogens with zero attached hydrogens (tertiary/aromatic N) is 1. The van der Waals surface area contributed by atoms with E-state index >= 15 is 0 Å². The number of anilines is 1. The van der Waals surface area contributed by atoms with Crippen molar-refractivity contribution < 1.29 is 9.90 Å². The quantitative estimate of drug-likeness (QED) is 0.730. The molecule has 4 heteroatoms. The monoisotopic (exact) mass is 220 g/mol. The van der Waals surface area contributed by atoms with Crippen molar-refractivity contribution in [1.29, 1.82) is 0 Å². The van der Waals surface area contributed by atoms with E-state index in [2.05, 4.69) is 4.90 Å². The average Bonchev–Trinajstić information content (AvgIpc) is 2.61. The van der Waals surface area contributed by atoms with Crippen molar-refractivity contribution in [2.24, 2.45) is 5.92 Å². The van der Waals surface area contributed by atoms with E-state index < -0.39 is 5.97 Å². The Labute approximate surface area is 94.7 Å². The second-order valence-electron chi connectivity index (χ2n) is 4.44. The van der Waals surface area contributed by atoms with Crippen LogP contribution in [-0.2, 0) is 4.79 Å². The number of nitrogens with two attached hydrogens (primary N) is 1. The molecule has 4 nitrogen and oxygen atoms in total. The van der Waals surface area contributed by atoms with Crippen LogP contribution >= 0.6 is 0 Å². The minimum atomic E-state index is -0.717. The van der Waals surface area contributed by atoms with Crippen molar-refractivity contribution in [2.75, 3.05) is 25.9 Å². The van der Waals surface area contributed by atoms with Crippen LogP contribution in [-0.4, -0.2) is 36.1 Å². The fourth-order valence-electron chi connectivity index (χ4n) is 2.33. The van der Waals surface area contributed by atoms with Crippen LogP contribution in [0.2, 0.25) is 0 Å². The molecule has 0 unspecified atom stereocenters. The molecule has 86 valence electrons. The Morgan fingerprint density at radius 2 is 2.00 bits per heavy atom. The molecule has 2 atom stereocenters. The summed E-state index contributed by atoms with van der Waals surface area (Å²) in [7, 11) is 1.95. The molecule has 0 aromatic heterocycles. The van der Waals surface area contributed by atoms with E-state index in [0.717, 1.165) is 12.1 Å². The minimum Gasteiger partial charge on any atom is -0.481 e. The van der Waals surface area contributed by atoms with E-state index in [1.54, 1.807) is 0 Å². The Hall–Kier alpha value is -1.55. The second-order valence-corrected chi connectivity index (χ2v) is 4.44. The van der Waals surface area contributed by atoms with Crippen molar-refractivity contribution in [3.05, 3.63) is 29.8 Å². The van der Waals surface area contributed by atoms with E-state index in [4.69, 9.17) is 10.8 Å². The van der Waals surface area contributed by atoms with Gasteiger partial charge >= 0.3 is 5.97 Å². The topological polar surface area (TPSA) is 66.6 Å². The van der Waals surface area contributed by atoms with Crippen LogP contribution in [0.4, 0.5) is 5.69 Å². The van der Waals surface area contributed by atoms with Gasteiger partial charge in [-0.05, 0) is 24.7 Å². The van der Waals surface area contributed by atoms with Crippen molar-refractivity contribution in [2.45, 2.75) is 5.92 Å². The molecule has 0 bridgehead atoms. The number of aliphatic carboxylic acids is 1. The minimum absolute atomic E-state index is 0.0723. The van der Waals surface area contributed by atoms with Crippen LogP contribution in [0.1, 0.15) is 11.5 Å². The van der Waals surface area contributed by atoms with Crippen molar-refractivity contribution in [1.82, 2.24) is 4.90 Å². The van der Waals surface area contributed by atoms with E-state index in [0.29, 0.717) is 12.2 Å². The standard InChI is InChI=1S/C12H16N2O2/c1-14-6-10(11(7-14)12(15)16)8-2-4-9(13)5-3-8/h2-5,10-11H,6-7,13H2,1H3,(H,15,16)/t10-,11-/m1/s1. The lowest BCUT2D eigenvalue weighted by Gasteiger charge is -2.15. The molecule has 1 aromatic rings. The lowest BCUT2D eigenvalue weighted by Crippen LogP contribution is -2.21. The summed E-state index contributed by atoms with van der Waals surface area (Å²) in [6.07, 6.45) is 0. The molecule has 0 spiro atoms. The Kier molecular flexibility index (Phi) is 2.83. The maximum absolute atomic E-state index is 11.1. The zero-order chi connectivity index (χ0) is 11.7. The fourth-order valence-corrected chi connectivity index (χ4v) is 2.33. The Balaban J connectivity index is 2.25.